The number of carbonyl (C=O) groups excluding carboxylic acids is 2. The molecule has 0 aromatic heterocycles. The molecule has 0 radical (unpaired) electrons. The average Bonchev–Trinajstić information content (AvgIpc) is 3.29. The molecule has 0 atom stereocenters. The van der Waals surface area contributed by atoms with Crippen LogP contribution < -0.4 is 10.0 Å². The van der Waals surface area contributed by atoms with Crippen molar-refractivity contribution in [3.63, 3.8) is 0 Å². The van der Waals surface area contributed by atoms with Gasteiger partial charge in [0.25, 0.3) is 5.91 Å². The third-order valence-electron chi connectivity index (χ3n) is 3.01. The Balaban J connectivity index is 2.07. The Morgan fingerprint density at radius 1 is 1.36 bits per heavy atom. The minimum Gasteiger partial charge on any atom is -0.452 e. The second-order valence-corrected chi connectivity index (χ2v) is 7.51. The van der Waals surface area contributed by atoms with E-state index in [2.05, 4.69) is 26.0 Å². The molecule has 1 aliphatic rings. The van der Waals surface area contributed by atoms with Gasteiger partial charge in [-0.15, -0.1) is 0 Å². The van der Waals surface area contributed by atoms with Gasteiger partial charge >= 0.3 is 5.97 Å². The van der Waals surface area contributed by atoms with Crippen LogP contribution in [0.4, 0.5) is 0 Å². The molecule has 120 valence electrons. The molecule has 0 heterocycles. The molecular weight excluding hydrogens is 376 g/mol. The molecule has 1 aromatic carbocycles. The molecule has 2 N–H and O–H groups in total. The van der Waals surface area contributed by atoms with E-state index < -0.39 is 22.6 Å². The average molecular weight is 391 g/mol. The van der Waals surface area contributed by atoms with E-state index in [-0.39, 0.29) is 22.4 Å². The Kier molecular flexibility index (Phi) is 5.20. The zero-order chi connectivity index (χ0) is 16.3. The Bertz CT molecular complexity index is 700. The number of hydrogen-bond acceptors (Lipinski definition) is 5. The summed E-state index contributed by atoms with van der Waals surface area (Å²) in [6.45, 7) is -0.398. The van der Waals surface area contributed by atoms with Gasteiger partial charge in [-0.2, -0.15) is 0 Å². The number of halogens is 1. The van der Waals surface area contributed by atoms with Crippen LogP contribution in [-0.2, 0) is 19.6 Å². The van der Waals surface area contributed by atoms with Crippen molar-refractivity contribution in [2.75, 3.05) is 13.7 Å². The molecule has 0 aliphatic heterocycles. The molecule has 0 bridgehead atoms. The maximum Gasteiger partial charge on any atom is 0.339 e. The second kappa shape index (κ2) is 6.76. The summed E-state index contributed by atoms with van der Waals surface area (Å²) in [6, 6.07) is 4.16. The van der Waals surface area contributed by atoms with Crippen molar-refractivity contribution in [1.29, 1.82) is 0 Å². The van der Waals surface area contributed by atoms with E-state index in [0.717, 1.165) is 12.8 Å². The summed E-state index contributed by atoms with van der Waals surface area (Å²) < 4.78 is 30.9. The molecule has 1 aliphatic carbocycles. The highest BCUT2D eigenvalue weighted by Crippen LogP contribution is 2.22. The highest BCUT2D eigenvalue weighted by molar-refractivity contribution is 9.10. The number of sulfonamides is 1. The van der Waals surface area contributed by atoms with Crippen molar-refractivity contribution in [1.82, 2.24) is 10.0 Å². The van der Waals surface area contributed by atoms with Crippen LogP contribution in [0.1, 0.15) is 23.2 Å². The lowest BCUT2D eigenvalue weighted by atomic mass is 10.2. The topological polar surface area (TPSA) is 102 Å². The molecule has 9 heteroatoms. The fourth-order valence-corrected chi connectivity index (χ4v) is 2.82. The SMILES string of the molecule is CNS(=O)(=O)c1ccc(Br)c(C(=O)OCC(=O)NC2CC2)c1. The van der Waals surface area contributed by atoms with Gasteiger partial charge in [0.2, 0.25) is 10.0 Å². The van der Waals surface area contributed by atoms with Gasteiger partial charge in [-0.05, 0) is 54.0 Å². The number of nitrogens with one attached hydrogen (secondary N) is 2. The Morgan fingerprint density at radius 2 is 2.05 bits per heavy atom. The van der Waals surface area contributed by atoms with E-state index in [9.17, 15) is 18.0 Å². The van der Waals surface area contributed by atoms with Gasteiger partial charge in [-0.3, -0.25) is 4.79 Å². The van der Waals surface area contributed by atoms with Crippen LogP contribution in [0.2, 0.25) is 0 Å². The lowest BCUT2D eigenvalue weighted by Crippen LogP contribution is -2.30. The molecule has 1 aromatic rings. The molecular formula is C13H15BrN2O5S. The van der Waals surface area contributed by atoms with Gasteiger partial charge in [0, 0.05) is 10.5 Å². The lowest BCUT2D eigenvalue weighted by Gasteiger charge is -2.09. The number of carbonyl (C=O) groups is 2. The zero-order valence-corrected chi connectivity index (χ0v) is 14.2. The molecule has 7 nitrogen and oxygen atoms in total. The summed E-state index contributed by atoms with van der Waals surface area (Å²) in [6.07, 6.45) is 1.88. The molecule has 2 rings (SSSR count). The normalized spacial score (nSPS) is 14.5. The maximum absolute atomic E-state index is 12.0. The van der Waals surface area contributed by atoms with Crippen LogP contribution in [0, 0.1) is 0 Å². The highest BCUT2D eigenvalue weighted by Gasteiger charge is 2.24. The number of rotatable bonds is 6. The first-order valence-corrected chi connectivity index (χ1v) is 8.80. The van der Waals surface area contributed by atoms with Crippen LogP contribution in [0.5, 0.6) is 0 Å². The van der Waals surface area contributed by atoms with E-state index in [0.29, 0.717) is 4.47 Å². The molecule has 0 saturated heterocycles. The summed E-state index contributed by atoms with van der Waals surface area (Å²) in [4.78, 5) is 23.4. The Labute approximate surface area is 136 Å². The predicted octanol–water partition coefficient (Wildman–Crippen LogP) is 0.793. The molecule has 1 saturated carbocycles. The van der Waals surface area contributed by atoms with E-state index >= 15 is 0 Å². The van der Waals surface area contributed by atoms with Crippen LogP contribution in [0.15, 0.2) is 27.6 Å². The largest absolute Gasteiger partial charge is 0.452 e. The fourth-order valence-electron chi connectivity index (χ4n) is 1.65. The van der Waals surface area contributed by atoms with Crippen molar-refractivity contribution in [2.24, 2.45) is 0 Å². The molecule has 0 spiro atoms. The van der Waals surface area contributed by atoms with Gasteiger partial charge in [0.05, 0.1) is 10.5 Å². The van der Waals surface area contributed by atoms with Gasteiger partial charge in [-0.1, -0.05) is 0 Å². The maximum atomic E-state index is 12.0. The lowest BCUT2D eigenvalue weighted by molar-refractivity contribution is -0.124. The summed E-state index contributed by atoms with van der Waals surface area (Å²) in [5, 5.41) is 2.69. The van der Waals surface area contributed by atoms with E-state index in [1.807, 2.05) is 0 Å². The minimum atomic E-state index is -3.67. The van der Waals surface area contributed by atoms with Crippen molar-refractivity contribution in [3.05, 3.63) is 28.2 Å². The quantitative estimate of drug-likeness (QED) is 0.699. The molecule has 1 fully saturated rings. The molecule has 1 amide bonds. The Hall–Kier alpha value is -1.45. The molecule has 0 unspecified atom stereocenters. The van der Waals surface area contributed by atoms with Gasteiger partial charge < -0.3 is 10.1 Å². The predicted molar refractivity (Wildman–Crippen MR) is 81.8 cm³/mol. The first-order valence-electron chi connectivity index (χ1n) is 6.53. The number of hydrogen-bond donors (Lipinski definition) is 2. The number of esters is 1. The number of amides is 1. The van der Waals surface area contributed by atoms with Gasteiger partial charge in [0.15, 0.2) is 6.61 Å². The van der Waals surface area contributed by atoms with Crippen LogP contribution in [0.25, 0.3) is 0 Å². The monoisotopic (exact) mass is 390 g/mol. The van der Waals surface area contributed by atoms with Crippen LogP contribution in [-0.4, -0.2) is 40.0 Å². The summed E-state index contributed by atoms with van der Waals surface area (Å²) in [5.74, 6) is -1.14. The zero-order valence-electron chi connectivity index (χ0n) is 11.8. The van der Waals surface area contributed by atoms with E-state index in [1.54, 1.807) is 0 Å². The Morgan fingerprint density at radius 3 is 2.64 bits per heavy atom. The van der Waals surface area contributed by atoms with Gasteiger partial charge in [0.1, 0.15) is 0 Å². The first-order chi connectivity index (χ1) is 10.3. The van der Waals surface area contributed by atoms with Crippen LogP contribution in [0.3, 0.4) is 0 Å². The van der Waals surface area contributed by atoms with Gasteiger partial charge in [-0.25, -0.2) is 17.9 Å². The van der Waals surface area contributed by atoms with Crippen molar-refractivity contribution in [2.45, 2.75) is 23.8 Å². The standard InChI is InChI=1S/C13H15BrN2O5S/c1-15-22(19,20)9-4-5-11(14)10(6-9)13(18)21-7-12(17)16-8-2-3-8/h4-6,8,15H,2-3,7H2,1H3,(H,16,17). The molecule has 22 heavy (non-hydrogen) atoms. The second-order valence-electron chi connectivity index (χ2n) is 4.77. The number of benzene rings is 1. The third-order valence-corrected chi connectivity index (χ3v) is 5.12. The highest BCUT2D eigenvalue weighted by atomic mass is 79.9. The minimum absolute atomic E-state index is 0.0375. The van der Waals surface area contributed by atoms with Crippen LogP contribution >= 0.6 is 15.9 Å². The van der Waals surface area contributed by atoms with E-state index in [4.69, 9.17) is 4.74 Å². The van der Waals surface area contributed by atoms with E-state index in [1.165, 1.54) is 25.2 Å². The summed E-state index contributed by atoms with van der Waals surface area (Å²) >= 11 is 3.16. The van der Waals surface area contributed by atoms with Crippen molar-refractivity contribution >= 4 is 37.8 Å². The smallest absolute Gasteiger partial charge is 0.339 e. The summed E-state index contributed by atoms with van der Waals surface area (Å²) in [5.41, 5.74) is 0.0375. The third kappa shape index (κ3) is 4.28. The van der Waals surface area contributed by atoms with Crippen molar-refractivity contribution < 1.29 is 22.7 Å². The number of ether oxygens (including phenoxy) is 1. The summed E-state index contributed by atoms with van der Waals surface area (Å²) in [7, 11) is -2.39. The fraction of sp³-hybridized carbons (Fsp3) is 0.385. The van der Waals surface area contributed by atoms with Crippen molar-refractivity contribution in [3.8, 4) is 0 Å². The first kappa shape index (κ1) is 16.9.